The van der Waals surface area contributed by atoms with Crippen molar-refractivity contribution in [3.63, 3.8) is 0 Å². The van der Waals surface area contributed by atoms with Crippen molar-refractivity contribution in [2.45, 2.75) is 25.0 Å². The van der Waals surface area contributed by atoms with Gasteiger partial charge in [-0.25, -0.2) is 0 Å². The van der Waals surface area contributed by atoms with E-state index in [1.54, 1.807) is 11.6 Å². The van der Waals surface area contributed by atoms with Gasteiger partial charge in [0.2, 0.25) is 0 Å². The molecule has 2 aromatic rings. The summed E-state index contributed by atoms with van der Waals surface area (Å²) in [7, 11) is 0. The fraction of sp³-hybridized carbons (Fsp3) is 0.357. The van der Waals surface area contributed by atoms with E-state index < -0.39 is 0 Å². The number of amides is 1. The van der Waals surface area contributed by atoms with Crippen molar-refractivity contribution < 1.29 is 9.90 Å². The van der Waals surface area contributed by atoms with Crippen LogP contribution < -0.4 is 11.1 Å². The molecule has 0 spiro atoms. The third-order valence-electron chi connectivity index (χ3n) is 3.76. The highest BCUT2D eigenvalue weighted by molar-refractivity contribution is 7.04. The summed E-state index contributed by atoms with van der Waals surface area (Å²) in [4.78, 5) is 16.6. The molecule has 7 heteroatoms. The standard InChI is InChI=1S/C14H16N4O2S/c15-13-10(7-21-18-13)14(20)17-12(8-5-9(19)6-8)11-3-1-2-4-16-11/h1-4,7-9,12,19H,5-6H2,(H2,15,18)(H,17,20)/t8?,9?,12-/m0/s1. The number of nitrogens with zero attached hydrogens (tertiary/aromatic N) is 2. The lowest BCUT2D eigenvalue weighted by Gasteiger charge is -2.37. The smallest absolute Gasteiger partial charge is 0.256 e. The molecule has 110 valence electrons. The molecule has 21 heavy (non-hydrogen) atoms. The molecule has 1 saturated carbocycles. The molecule has 0 aliphatic heterocycles. The second-order valence-corrected chi connectivity index (χ2v) is 5.83. The normalized spacial score (nSPS) is 22.3. The largest absolute Gasteiger partial charge is 0.393 e. The molecule has 0 aromatic carbocycles. The van der Waals surface area contributed by atoms with Gasteiger partial charge in [0.25, 0.3) is 5.91 Å². The predicted octanol–water partition coefficient (Wildman–Crippen LogP) is 1.36. The zero-order chi connectivity index (χ0) is 14.8. The highest BCUT2D eigenvalue weighted by atomic mass is 32.1. The van der Waals surface area contributed by atoms with E-state index in [9.17, 15) is 9.90 Å². The number of nitrogens with two attached hydrogens (primary N) is 1. The first kappa shape index (κ1) is 14.0. The van der Waals surface area contributed by atoms with Gasteiger partial charge in [-0.3, -0.25) is 9.78 Å². The van der Waals surface area contributed by atoms with Crippen LogP contribution in [0, 0.1) is 5.92 Å². The van der Waals surface area contributed by atoms with E-state index in [1.807, 2.05) is 18.2 Å². The molecule has 4 N–H and O–H groups in total. The molecule has 1 atom stereocenters. The summed E-state index contributed by atoms with van der Waals surface area (Å²) in [5.74, 6) is 0.177. The lowest BCUT2D eigenvalue weighted by atomic mass is 9.76. The molecule has 0 unspecified atom stereocenters. The molecule has 6 nitrogen and oxygen atoms in total. The van der Waals surface area contributed by atoms with Gasteiger partial charge in [-0.05, 0) is 42.4 Å². The predicted molar refractivity (Wildman–Crippen MR) is 79.7 cm³/mol. The molecule has 1 fully saturated rings. The molecule has 0 radical (unpaired) electrons. The van der Waals surface area contributed by atoms with Crippen LogP contribution in [0.5, 0.6) is 0 Å². The van der Waals surface area contributed by atoms with Crippen molar-refractivity contribution in [3.05, 3.63) is 41.0 Å². The average Bonchev–Trinajstić information content (AvgIpc) is 2.89. The zero-order valence-electron chi connectivity index (χ0n) is 11.3. The Bertz CT molecular complexity index is 625. The van der Waals surface area contributed by atoms with Gasteiger partial charge in [-0.1, -0.05) is 6.07 Å². The number of aromatic nitrogens is 2. The van der Waals surface area contributed by atoms with Crippen molar-refractivity contribution >= 4 is 23.3 Å². The van der Waals surface area contributed by atoms with Crippen LogP contribution in [0.15, 0.2) is 29.8 Å². The molecule has 0 saturated heterocycles. The molecule has 3 rings (SSSR count). The first-order valence-corrected chi connectivity index (χ1v) is 7.58. The number of nitrogen functional groups attached to an aromatic ring is 1. The lowest BCUT2D eigenvalue weighted by molar-refractivity contribution is 0.0228. The van der Waals surface area contributed by atoms with E-state index in [0.29, 0.717) is 18.4 Å². The molecule has 2 heterocycles. The van der Waals surface area contributed by atoms with Crippen LogP contribution in [0.4, 0.5) is 5.82 Å². The van der Waals surface area contributed by atoms with E-state index in [2.05, 4.69) is 14.7 Å². The van der Waals surface area contributed by atoms with Crippen LogP contribution in [-0.4, -0.2) is 26.5 Å². The first-order valence-electron chi connectivity index (χ1n) is 6.75. The van der Waals surface area contributed by atoms with Crippen molar-refractivity contribution in [1.29, 1.82) is 0 Å². The molecule has 0 bridgehead atoms. The summed E-state index contributed by atoms with van der Waals surface area (Å²) < 4.78 is 3.91. The number of pyridine rings is 1. The highest BCUT2D eigenvalue weighted by Gasteiger charge is 2.36. The summed E-state index contributed by atoms with van der Waals surface area (Å²) in [6.45, 7) is 0. The second kappa shape index (κ2) is 5.79. The van der Waals surface area contributed by atoms with Crippen molar-refractivity contribution in [3.8, 4) is 0 Å². The van der Waals surface area contributed by atoms with Gasteiger partial charge in [0.05, 0.1) is 23.4 Å². The Kier molecular flexibility index (Phi) is 3.85. The van der Waals surface area contributed by atoms with Crippen LogP contribution in [0.2, 0.25) is 0 Å². The Hall–Kier alpha value is -1.99. The van der Waals surface area contributed by atoms with E-state index in [-0.39, 0.29) is 29.8 Å². The van der Waals surface area contributed by atoms with Gasteiger partial charge in [-0.15, -0.1) is 0 Å². The Morgan fingerprint density at radius 1 is 1.48 bits per heavy atom. The van der Waals surface area contributed by atoms with Gasteiger partial charge < -0.3 is 16.2 Å². The average molecular weight is 304 g/mol. The first-order chi connectivity index (χ1) is 10.1. The summed E-state index contributed by atoms with van der Waals surface area (Å²) in [5, 5.41) is 14.1. The molecule has 2 aromatic heterocycles. The Balaban J connectivity index is 1.80. The van der Waals surface area contributed by atoms with E-state index in [4.69, 9.17) is 5.73 Å². The minimum atomic E-state index is -0.286. The monoisotopic (exact) mass is 304 g/mol. The number of aliphatic hydroxyl groups excluding tert-OH is 1. The van der Waals surface area contributed by atoms with Gasteiger partial charge in [-0.2, -0.15) is 4.37 Å². The SMILES string of the molecule is Nc1nscc1C(=O)N[C@H](c1ccccn1)C1CC(O)C1. The minimum absolute atomic E-state index is 0.187. The number of hydrogen-bond donors (Lipinski definition) is 3. The van der Waals surface area contributed by atoms with Crippen LogP contribution in [0.3, 0.4) is 0 Å². The zero-order valence-corrected chi connectivity index (χ0v) is 12.1. The summed E-state index contributed by atoms with van der Waals surface area (Å²) in [5.41, 5.74) is 6.87. The maximum absolute atomic E-state index is 12.3. The number of carbonyl (C=O) groups excluding carboxylic acids is 1. The van der Waals surface area contributed by atoms with E-state index in [1.165, 1.54) is 0 Å². The Labute approximate surface area is 126 Å². The Morgan fingerprint density at radius 2 is 2.29 bits per heavy atom. The van der Waals surface area contributed by atoms with E-state index in [0.717, 1.165) is 17.2 Å². The summed E-state index contributed by atoms with van der Waals surface area (Å²) in [6, 6.07) is 5.38. The molecule has 1 aliphatic rings. The molecular weight excluding hydrogens is 288 g/mol. The maximum Gasteiger partial charge on any atom is 0.256 e. The quantitative estimate of drug-likeness (QED) is 0.792. The van der Waals surface area contributed by atoms with Crippen molar-refractivity contribution in [2.24, 2.45) is 5.92 Å². The van der Waals surface area contributed by atoms with Crippen molar-refractivity contribution in [2.75, 3.05) is 5.73 Å². The second-order valence-electron chi connectivity index (χ2n) is 5.20. The third kappa shape index (κ3) is 2.88. The molecular formula is C14H16N4O2S. The number of carbonyl (C=O) groups is 1. The van der Waals surface area contributed by atoms with Crippen LogP contribution in [0.25, 0.3) is 0 Å². The van der Waals surface area contributed by atoms with Gasteiger partial charge >= 0.3 is 0 Å². The van der Waals surface area contributed by atoms with Gasteiger partial charge in [0.15, 0.2) is 0 Å². The number of aliphatic hydroxyl groups is 1. The maximum atomic E-state index is 12.3. The summed E-state index contributed by atoms with van der Waals surface area (Å²) >= 11 is 1.15. The van der Waals surface area contributed by atoms with Crippen LogP contribution >= 0.6 is 11.5 Å². The highest BCUT2D eigenvalue weighted by Crippen LogP contribution is 2.37. The van der Waals surface area contributed by atoms with Crippen LogP contribution in [-0.2, 0) is 0 Å². The minimum Gasteiger partial charge on any atom is -0.393 e. The number of hydrogen-bond acceptors (Lipinski definition) is 6. The number of anilines is 1. The van der Waals surface area contributed by atoms with Gasteiger partial charge in [0, 0.05) is 11.6 Å². The number of rotatable bonds is 4. The topological polar surface area (TPSA) is 101 Å². The molecule has 1 amide bonds. The fourth-order valence-electron chi connectivity index (χ4n) is 2.53. The summed E-state index contributed by atoms with van der Waals surface area (Å²) in [6.07, 6.45) is 2.74. The third-order valence-corrected chi connectivity index (χ3v) is 4.40. The molecule has 1 aliphatic carbocycles. The van der Waals surface area contributed by atoms with Gasteiger partial charge in [0.1, 0.15) is 5.82 Å². The number of nitrogens with one attached hydrogen (secondary N) is 1. The fourth-order valence-corrected chi connectivity index (χ4v) is 3.13. The van der Waals surface area contributed by atoms with Crippen molar-refractivity contribution in [1.82, 2.24) is 14.7 Å². The van der Waals surface area contributed by atoms with E-state index >= 15 is 0 Å². The van der Waals surface area contributed by atoms with Crippen LogP contribution in [0.1, 0.15) is 34.9 Å². The lowest BCUT2D eigenvalue weighted by Crippen LogP contribution is -2.41. The Morgan fingerprint density at radius 3 is 2.86 bits per heavy atom.